The number of rotatable bonds is 6. The first-order chi connectivity index (χ1) is 12.5. The van der Waals surface area contributed by atoms with E-state index in [0.29, 0.717) is 6.42 Å². The van der Waals surface area contributed by atoms with E-state index in [2.05, 4.69) is 17.1 Å². The first-order valence-electron chi connectivity index (χ1n) is 8.81. The summed E-state index contributed by atoms with van der Waals surface area (Å²) < 4.78 is 5.35. The Morgan fingerprint density at radius 1 is 1.15 bits per heavy atom. The minimum Gasteiger partial charge on any atom is -0.599 e. The maximum atomic E-state index is 12.1. The summed E-state index contributed by atoms with van der Waals surface area (Å²) in [6.45, 7) is 3.77. The molecule has 0 aromatic heterocycles. The van der Waals surface area contributed by atoms with E-state index in [4.69, 9.17) is 4.74 Å². The number of nitrogens with zero attached hydrogens (tertiary/aromatic N) is 1. The van der Waals surface area contributed by atoms with E-state index in [1.807, 2.05) is 43.3 Å². The quantitative estimate of drug-likeness (QED) is 0.640. The van der Waals surface area contributed by atoms with Crippen molar-refractivity contribution in [1.29, 1.82) is 0 Å². The van der Waals surface area contributed by atoms with Crippen LogP contribution >= 0.6 is 0 Å². The molecule has 0 amide bonds. The van der Waals surface area contributed by atoms with Crippen molar-refractivity contribution in [3.8, 4) is 11.1 Å². The zero-order valence-corrected chi connectivity index (χ0v) is 14.9. The molecule has 1 unspecified atom stereocenters. The van der Waals surface area contributed by atoms with Gasteiger partial charge in [-0.2, -0.15) is 0 Å². The molecule has 1 aliphatic carbocycles. The Kier molecular flexibility index (Phi) is 5.26. The van der Waals surface area contributed by atoms with Crippen LogP contribution in [0.2, 0.25) is 0 Å². The third kappa shape index (κ3) is 3.43. The summed E-state index contributed by atoms with van der Waals surface area (Å²) in [7, 11) is 0. The van der Waals surface area contributed by atoms with Crippen LogP contribution in [-0.2, 0) is 9.53 Å². The van der Waals surface area contributed by atoms with Gasteiger partial charge in [0.25, 0.3) is 0 Å². The molecule has 1 aliphatic rings. The van der Waals surface area contributed by atoms with Crippen molar-refractivity contribution < 1.29 is 19.7 Å². The zero-order valence-electron chi connectivity index (χ0n) is 14.9. The summed E-state index contributed by atoms with van der Waals surface area (Å²) in [4.78, 5) is 15.1. The van der Waals surface area contributed by atoms with Crippen LogP contribution in [0.1, 0.15) is 37.3 Å². The van der Waals surface area contributed by atoms with Crippen LogP contribution in [0.25, 0.3) is 11.1 Å². The van der Waals surface area contributed by atoms with E-state index >= 15 is 0 Å². The average molecular weight is 352 g/mol. The van der Waals surface area contributed by atoms with Gasteiger partial charge in [-0.15, -0.1) is 0 Å². The van der Waals surface area contributed by atoms with E-state index in [9.17, 15) is 15.0 Å². The Balaban J connectivity index is 1.79. The Morgan fingerprint density at radius 2 is 1.69 bits per heavy atom. The van der Waals surface area contributed by atoms with Crippen LogP contribution in [0.4, 0.5) is 0 Å². The maximum Gasteiger partial charge on any atom is 0.328 e. The molecule has 0 saturated heterocycles. The topological polar surface area (TPSA) is 82.0 Å². The number of carboxylic acid groups (broad SMARTS) is 1. The van der Waals surface area contributed by atoms with Crippen molar-refractivity contribution in [1.82, 2.24) is 0 Å². The fourth-order valence-corrected chi connectivity index (χ4v) is 3.39. The minimum absolute atomic E-state index is 0.0616. The summed E-state index contributed by atoms with van der Waals surface area (Å²) in [6, 6.07) is 15.0. The normalized spacial score (nSPS) is 15.8. The van der Waals surface area contributed by atoms with E-state index in [1.54, 1.807) is 6.92 Å². The van der Waals surface area contributed by atoms with Crippen molar-refractivity contribution in [2.24, 2.45) is 10.9 Å². The van der Waals surface area contributed by atoms with Gasteiger partial charge in [-0.05, 0) is 28.2 Å². The molecule has 136 valence electrons. The van der Waals surface area contributed by atoms with Gasteiger partial charge >= 0.3 is 5.97 Å². The van der Waals surface area contributed by atoms with Crippen LogP contribution in [0.15, 0.2) is 53.5 Å². The highest BCUT2D eigenvalue weighted by molar-refractivity contribution is 5.79. The number of aliphatic imine (C=N–C) groups is 1. The minimum atomic E-state index is -1.10. The predicted molar refractivity (Wildman–Crippen MR) is 98.0 cm³/mol. The van der Waals surface area contributed by atoms with Crippen LogP contribution in [-0.4, -0.2) is 29.8 Å². The first kappa shape index (κ1) is 18.0. The molecule has 26 heavy (non-hydrogen) atoms. The summed E-state index contributed by atoms with van der Waals surface area (Å²) in [5, 5.41) is 21.4. The zero-order chi connectivity index (χ0) is 18.7. The molecule has 0 heterocycles. The van der Waals surface area contributed by atoms with Gasteiger partial charge in [-0.25, -0.2) is 4.79 Å². The molecule has 0 saturated carbocycles. The number of hydrogen-bond donors (Lipinski definition) is 1. The SMILES string of the molecule is CCC(C)[C@@H](N=C([O-])OCC1c2ccccc2-c2ccccc21)C(=O)O. The number of carboxylic acids is 1. The van der Waals surface area contributed by atoms with Crippen molar-refractivity contribution in [2.75, 3.05) is 6.61 Å². The van der Waals surface area contributed by atoms with Crippen molar-refractivity contribution in [3.63, 3.8) is 0 Å². The van der Waals surface area contributed by atoms with Crippen molar-refractivity contribution in [2.45, 2.75) is 32.2 Å². The van der Waals surface area contributed by atoms with Gasteiger partial charge in [0.2, 0.25) is 0 Å². The highest BCUT2D eigenvalue weighted by atomic mass is 16.6. The Hall–Kier alpha value is -2.82. The number of ether oxygens (including phenoxy) is 1. The summed E-state index contributed by atoms with van der Waals surface area (Å²) in [6.07, 6.45) is -0.198. The van der Waals surface area contributed by atoms with Crippen molar-refractivity contribution in [3.05, 3.63) is 59.7 Å². The summed E-state index contributed by atoms with van der Waals surface area (Å²) >= 11 is 0. The fourth-order valence-electron chi connectivity index (χ4n) is 3.39. The van der Waals surface area contributed by atoms with Crippen LogP contribution in [0, 0.1) is 5.92 Å². The third-order valence-electron chi connectivity index (χ3n) is 5.02. The second-order valence-electron chi connectivity index (χ2n) is 6.60. The fraction of sp³-hybridized carbons (Fsp3) is 0.333. The Bertz CT molecular complexity index is 785. The lowest BCUT2D eigenvalue weighted by Gasteiger charge is -2.23. The first-order valence-corrected chi connectivity index (χ1v) is 8.81. The molecule has 3 rings (SSSR count). The second-order valence-corrected chi connectivity index (χ2v) is 6.60. The number of carbonyl (C=O) groups is 1. The largest absolute Gasteiger partial charge is 0.599 e. The average Bonchev–Trinajstić information content (AvgIpc) is 2.97. The Labute approximate surface area is 153 Å². The van der Waals surface area contributed by atoms with Gasteiger partial charge in [0, 0.05) is 12.5 Å². The third-order valence-corrected chi connectivity index (χ3v) is 5.02. The molecule has 1 N–H and O–H groups in total. The van der Waals surface area contributed by atoms with Gasteiger partial charge in [0.1, 0.15) is 6.08 Å². The molecule has 0 bridgehead atoms. The molecule has 2 aromatic rings. The second kappa shape index (κ2) is 7.60. The molecular weight excluding hydrogens is 330 g/mol. The lowest BCUT2D eigenvalue weighted by molar-refractivity contribution is -0.251. The molecule has 0 aliphatic heterocycles. The summed E-state index contributed by atoms with van der Waals surface area (Å²) in [5.41, 5.74) is 4.50. The molecule has 5 nitrogen and oxygen atoms in total. The van der Waals surface area contributed by atoms with Gasteiger partial charge in [-0.1, -0.05) is 68.8 Å². The number of benzene rings is 2. The number of aliphatic carboxylic acids is 1. The number of hydrogen-bond acceptors (Lipinski definition) is 4. The van der Waals surface area contributed by atoms with Crippen molar-refractivity contribution >= 4 is 12.1 Å². The van der Waals surface area contributed by atoms with Gasteiger partial charge in [0.05, 0.1) is 0 Å². The highest BCUT2D eigenvalue weighted by Gasteiger charge is 2.27. The smallest absolute Gasteiger partial charge is 0.328 e. The molecular formula is C21H22NO4-. The molecule has 2 aromatic carbocycles. The van der Waals surface area contributed by atoms with E-state index < -0.39 is 18.1 Å². The van der Waals surface area contributed by atoms with Crippen LogP contribution in [0.3, 0.4) is 0 Å². The summed E-state index contributed by atoms with van der Waals surface area (Å²) in [5.74, 6) is -1.39. The Morgan fingerprint density at radius 3 is 2.19 bits per heavy atom. The van der Waals surface area contributed by atoms with E-state index in [-0.39, 0.29) is 18.4 Å². The van der Waals surface area contributed by atoms with Crippen LogP contribution in [0.5, 0.6) is 0 Å². The molecule has 0 radical (unpaired) electrons. The molecule has 2 atom stereocenters. The van der Waals surface area contributed by atoms with E-state index in [0.717, 1.165) is 22.3 Å². The molecule has 0 spiro atoms. The predicted octanol–water partition coefficient (Wildman–Crippen LogP) is 3.03. The lowest BCUT2D eigenvalue weighted by Crippen LogP contribution is -2.32. The van der Waals surface area contributed by atoms with E-state index in [1.165, 1.54) is 0 Å². The highest BCUT2D eigenvalue weighted by Crippen LogP contribution is 2.44. The van der Waals surface area contributed by atoms with Gasteiger partial charge < -0.3 is 14.9 Å². The maximum absolute atomic E-state index is 12.1. The standard InChI is InChI=1S/C21H23NO4/c1-3-13(2)19(20(23)24)22-21(25)26-12-18-16-10-6-4-8-14(16)15-9-5-7-11-17(15)18/h4-11,13,18-19H,3,12H2,1-2H3,(H,22,25)(H,23,24)/p-1/t13?,19-/m1/s1. The number of fused-ring (bicyclic) bond motifs is 3. The molecule has 5 heteroatoms. The van der Waals surface area contributed by atoms with Gasteiger partial charge in [-0.3, -0.25) is 4.99 Å². The lowest BCUT2D eigenvalue weighted by atomic mass is 9.98. The molecule has 0 fully saturated rings. The monoisotopic (exact) mass is 352 g/mol. The van der Waals surface area contributed by atoms with Crippen LogP contribution < -0.4 is 5.11 Å². The van der Waals surface area contributed by atoms with Gasteiger partial charge in [0.15, 0.2) is 6.04 Å².